The number of amides is 1. The van der Waals surface area contributed by atoms with E-state index in [9.17, 15) is 4.79 Å². The molecule has 2 aromatic heterocycles. The molecule has 3 aromatic carbocycles. The molecule has 0 aliphatic carbocycles. The van der Waals surface area contributed by atoms with Crippen LogP contribution in [0.2, 0.25) is 0 Å². The minimum Gasteiger partial charge on any atom is -0.484 e. The zero-order chi connectivity index (χ0) is 24.4. The van der Waals surface area contributed by atoms with Crippen LogP contribution in [0.4, 0.5) is 5.69 Å². The molecule has 2 heterocycles. The van der Waals surface area contributed by atoms with Crippen LogP contribution in [0.5, 0.6) is 5.75 Å². The summed E-state index contributed by atoms with van der Waals surface area (Å²) < 4.78 is 13.6. The van der Waals surface area contributed by atoms with Crippen LogP contribution in [0.15, 0.2) is 76.4 Å². The monoisotopic (exact) mass is 486 g/mol. The second kappa shape index (κ2) is 9.84. The maximum Gasteiger partial charge on any atom is 0.277 e. The molecule has 0 saturated carbocycles. The highest BCUT2D eigenvalue weighted by atomic mass is 32.2. The van der Waals surface area contributed by atoms with Crippen molar-refractivity contribution in [2.75, 3.05) is 5.32 Å². The number of rotatable bonds is 8. The van der Waals surface area contributed by atoms with Crippen LogP contribution < -0.4 is 10.1 Å². The van der Waals surface area contributed by atoms with Gasteiger partial charge < -0.3 is 19.0 Å². The highest BCUT2D eigenvalue weighted by Crippen LogP contribution is 2.31. The summed E-state index contributed by atoms with van der Waals surface area (Å²) in [6.45, 7) is 7.00. The van der Waals surface area contributed by atoms with Gasteiger partial charge in [0.2, 0.25) is 5.91 Å². The van der Waals surface area contributed by atoms with E-state index < -0.39 is 5.25 Å². The summed E-state index contributed by atoms with van der Waals surface area (Å²) in [5.41, 5.74) is 4.21. The molecule has 5 rings (SSSR count). The molecule has 178 valence electrons. The van der Waals surface area contributed by atoms with Crippen LogP contribution in [0.1, 0.15) is 25.3 Å². The predicted molar refractivity (Wildman–Crippen MR) is 139 cm³/mol. The SMILES string of the molecule is CCn1c2ccccc2c2cc(NC(=O)C(C)Sc3nnc(COc4cccc(C)c4)o3)ccc21. The van der Waals surface area contributed by atoms with Gasteiger partial charge in [-0.1, -0.05) is 42.1 Å². The lowest BCUT2D eigenvalue weighted by atomic mass is 10.1. The van der Waals surface area contributed by atoms with Gasteiger partial charge in [0.25, 0.3) is 11.1 Å². The van der Waals surface area contributed by atoms with Gasteiger partial charge in [0.05, 0.1) is 5.25 Å². The Balaban J connectivity index is 1.24. The van der Waals surface area contributed by atoms with Crippen molar-refractivity contribution in [1.29, 1.82) is 0 Å². The van der Waals surface area contributed by atoms with Crippen LogP contribution in [-0.2, 0) is 17.9 Å². The van der Waals surface area contributed by atoms with E-state index in [0.717, 1.165) is 34.4 Å². The van der Waals surface area contributed by atoms with Gasteiger partial charge in [-0.15, -0.1) is 10.2 Å². The first kappa shape index (κ1) is 23.0. The Morgan fingerprint density at radius 2 is 1.89 bits per heavy atom. The zero-order valence-electron chi connectivity index (χ0n) is 19.8. The summed E-state index contributed by atoms with van der Waals surface area (Å²) in [4.78, 5) is 12.9. The first-order chi connectivity index (χ1) is 17.0. The fourth-order valence-electron chi connectivity index (χ4n) is 4.12. The topological polar surface area (TPSA) is 82.2 Å². The molecule has 0 saturated heterocycles. The maximum atomic E-state index is 12.9. The molecule has 8 heteroatoms. The van der Waals surface area contributed by atoms with E-state index >= 15 is 0 Å². The average molecular weight is 487 g/mol. The third-order valence-electron chi connectivity index (χ3n) is 5.80. The number of thioether (sulfide) groups is 1. The number of para-hydroxylation sites is 1. The van der Waals surface area contributed by atoms with Crippen molar-refractivity contribution < 1.29 is 13.9 Å². The van der Waals surface area contributed by atoms with Crippen molar-refractivity contribution in [2.24, 2.45) is 0 Å². The molecule has 0 spiro atoms. The van der Waals surface area contributed by atoms with Gasteiger partial charge in [-0.05, 0) is 62.7 Å². The van der Waals surface area contributed by atoms with Gasteiger partial charge in [-0.2, -0.15) is 0 Å². The zero-order valence-corrected chi connectivity index (χ0v) is 20.6. The lowest BCUT2D eigenvalue weighted by Gasteiger charge is -2.10. The van der Waals surface area contributed by atoms with Crippen molar-refractivity contribution >= 4 is 45.2 Å². The summed E-state index contributed by atoms with van der Waals surface area (Å²) in [6, 6.07) is 22.1. The smallest absolute Gasteiger partial charge is 0.277 e. The summed E-state index contributed by atoms with van der Waals surface area (Å²) in [7, 11) is 0. The van der Waals surface area contributed by atoms with Gasteiger partial charge in [0, 0.05) is 34.0 Å². The molecule has 1 amide bonds. The van der Waals surface area contributed by atoms with Crippen LogP contribution in [0.25, 0.3) is 21.8 Å². The van der Waals surface area contributed by atoms with Crippen molar-refractivity contribution in [3.05, 3.63) is 78.2 Å². The standard InChI is InChI=1S/C27H26N4O3S/c1-4-31-23-11-6-5-10-21(23)22-15-19(12-13-24(22)31)28-26(32)18(3)35-27-30-29-25(34-27)16-33-20-9-7-8-17(2)14-20/h5-15,18H,4,16H2,1-3H3,(H,28,32). The fraction of sp³-hybridized carbons (Fsp3) is 0.222. The number of benzene rings is 3. The van der Waals surface area contributed by atoms with Crippen LogP contribution >= 0.6 is 11.8 Å². The Labute approximate surface area is 207 Å². The number of carbonyl (C=O) groups excluding carboxylic acids is 1. The second-order valence-corrected chi connectivity index (χ2v) is 9.60. The Morgan fingerprint density at radius 1 is 1.06 bits per heavy atom. The largest absolute Gasteiger partial charge is 0.484 e. The van der Waals surface area contributed by atoms with E-state index in [1.54, 1.807) is 0 Å². The van der Waals surface area contributed by atoms with Crippen LogP contribution in [-0.4, -0.2) is 25.9 Å². The first-order valence-electron chi connectivity index (χ1n) is 11.5. The Bertz CT molecular complexity index is 1510. The van der Waals surface area contributed by atoms with Crippen molar-refractivity contribution in [3.8, 4) is 5.75 Å². The summed E-state index contributed by atoms with van der Waals surface area (Å²) >= 11 is 1.22. The Kier molecular flexibility index (Phi) is 6.46. The number of nitrogens with one attached hydrogen (secondary N) is 1. The number of hydrogen-bond acceptors (Lipinski definition) is 6. The number of hydrogen-bond donors (Lipinski definition) is 1. The van der Waals surface area contributed by atoms with Gasteiger partial charge >= 0.3 is 0 Å². The van der Waals surface area contributed by atoms with Gasteiger partial charge in [0.15, 0.2) is 6.61 Å². The van der Waals surface area contributed by atoms with Gasteiger partial charge in [-0.25, -0.2) is 0 Å². The summed E-state index contributed by atoms with van der Waals surface area (Å²) in [5.74, 6) is 0.966. The Hall–Kier alpha value is -3.78. The number of ether oxygens (including phenoxy) is 1. The summed E-state index contributed by atoms with van der Waals surface area (Å²) in [5, 5.41) is 13.3. The molecule has 0 radical (unpaired) electrons. The van der Waals surface area contributed by atoms with E-state index in [2.05, 4.69) is 45.2 Å². The number of anilines is 1. The van der Waals surface area contributed by atoms with E-state index in [4.69, 9.17) is 9.15 Å². The lowest BCUT2D eigenvalue weighted by Crippen LogP contribution is -2.22. The van der Waals surface area contributed by atoms with E-state index in [1.165, 1.54) is 22.7 Å². The molecule has 7 nitrogen and oxygen atoms in total. The van der Waals surface area contributed by atoms with Crippen molar-refractivity contribution in [3.63, 3.8) is 0 Å². The molecule has 5 aromatic rings. The molecule has 35 heavy (non-hydrogen) atoms. The maximum absolute atomic E-state index is 12.9. The molecule has 0 aliphatic rings. The Morgan fingerprint density at radius 3 is 2.71 bits per heavy atom. The third kappa shape index (κ3) is 4.88. The molecular weight excluding hydrogens is 460 g/mol. The van der Waals surface area contributed by atoms with Crippen molar-refractivity contribution in [1.82, 2.24) is 14.8 Å². The molecule has 0 fully saturated rings. The number of fused-ring (bicyclic) bond motifs is 3. The number of aromatic nitrogens is 3. The first-order valence-corrected chi connectivity index (χ1v) is 12.4. The van der Waals surface area contributed by atoms with Crippen LogP contribution in [0.3, 0.4) is 0 Å². The third-order valence-corrected chi connectivity index (χ3v) is 6.74. The van der Waals surface area contributed by atoms with E-state index in [0.29, 0.717) is 11.1 Å². The van der Waals surface area contributed by atoms with E-state index in [-0.39, 0.29) is 12.5 Å². The minimum absolute atomic E-state index is 0.135. The molecule has 0 aliphatic heterocycles. The minimum atomic E-state index is -0.423. The normalized spacial score (nSPS) is 12.2. The molecule has 1 N–H and O–H groups in total. The van der Waals surface area contributed by atoms with Gasteiger partial charge in [-0.3, -0.25) is 4.79 Å². The molecule has 1 unspecified atom stereocenters. The quantitative estimate of drug-likeness (QED) is 0.263. The summed E-state index contributed by atoms with van der Waals surface area (Å²) in [6.07, 6.45) is 0. The molecular formula is C27H26N4O3S. The lowest BCUT2D eigenvalue weighted by molar-refractivity contribution is -0.115. The second-order valence-electron chi connectivity index (χ2n) is 8.31. The predicted octanol–water partition coefficient (Wildman–Crippen LogP) is 6.20. The number of nitrogens with zero attached hydrogens (tertiary/aromatic N) is 3. The highest BCUT2D eigenvalue weighted by molar-refractivity contribution is 8.00. The average Bonchev–Trinajstić information content (AvgIpc) is 3.44. The molecule has 1 atom stereocenters. The van der Waals surface area contributed by atoms with E-state index in [1.807, 2.05) is 62.4 Å². The fourth-order valence-corrected chi connectivity index (χ4v) is 4.82. The van der Waals surface area contributed by atoms with Gasteiger partial charge in [0.1, 0.15) is 5.75 Å². The number of carbonyl (C=O) groups is 1. The highest BCUT2D eigenvalue weighted by Gasteiger charge is 2.19. The van der Waals surface area contributed by atoms with Crippen LogP contribution in [0, 0.1) is 6.92 Å². The number of aryl methyl sites for hydroxylation is 2. The van der Waals surface area contributed by atoms with Crippen molar-refractivity contribution in [2.45, 2.75) is 44.4 Å². The molecule has 0 bridgehead atoms.